The number of rotatable bonds is 5. The van der Waals surface area contributed by atoms with Crippen LogP contribution >= 0.6 is 0 Å². The average Bonchev–Trinajstić information content (AvgIpc) is 2.41. The van der Waals surface area contributed by atoms with Crippen LogP contribution in [0.15, 0.2) is 60.7 Å². The second kappa shape index (κ2) is 7.31. The number of aliphatic carboxylic acids is 1. The Bertz CT molecular complexity index is 460. The fraction of sp³-hybridized carbons (Fsp3) is 0.133. The molecule has 0 unspecified atom stereocenters. The molecule has 2 aromatic carbocycles. The van der Waals surface area contributed by atoms with E-state index in [2.05, 4.69) is 0 Å². The van der Waals surface area contributed by atoms with Crippen molar-refractivity contribution < 1.29 is 14.6 Å². The van der Waals surface area contributed by atoms with Crippen LogP contribution < -0.4 is 11.3 Å². The SMILES string of the molecule is O=C([O-])COC(c1ccccc1)c1ccccc1.[NH4+]. The van der Waals surface area contributed by atoms with Gasteiger partial charge in [0, 0.05) is 0 Å². The van der Waals surface area contributed by atoms with Crippen molar-refractivity contribution in [2.24, 2.45) is 0 Å². The van der Waals surface area contributed by atoms with Crippen molar-refractivity contribution in [2.45, 2.75) is 6.10 Å². The maximum absolute atomic E-state index is 10.5. The van der Waals surface area contributed by atoms with Gasteiger partial charge >= 0.3 is 0 Å². The summed E-state index contributed by atoms with van der Waals surface area (Å²) in [6.07, 6.45) is -0.384. The van der Waals surface area contributed by atoms with Gasteiger partial charge in [0.1, 0.15) is 6.10 Å². The van der Waals surface area contributed by atoms with Crippen LogP contribution in [0.3, 0.4) is 0 Å². The van der Waals surface area contributed by atoms with Crippen LogP contribution in [0.1, 0.15) is 17.2 Å². The average molecular weight is 259 g/mol. The van der Waals surface area contributed by atoms with Gasteiger partial charge in [0.2, 0.25) is 0 Å². The van der Waals surface area contributed by atoms with Crippen molar-refractivity contribution in [1.82, 2.24) is 6.15 Å². The highest BCUT2D eigenvalue weighted by Gasteiger charge is 2.13. The second-order valence-electron chi connectivity index (χ2n) is 3.88. The third-order valence-electron chi connectivity index (χ3n) is 2.57. The Kier molecular flexibility index (Phi) is 5.73. The van der Waals surface area contributed by atoms with Crippen LogP contribution in [0.4, 0.5) is 0 Å². The zero-order chi connectivity index (χ0) is 12.8. The highest BCUT2D eigenvalue weighted by molar-refractivity contribution is 5.65. The molecule has 0 spiro atoms. The number of carbonyl (C=O) groups excluding carboxylic acids is 1. The van der Waals surface area contributed by atoms with Gasteiger partial charge < -0.3 is 20.8 Å². The maximum atomic E-state index is 10.5. The van der Waals surface area contributed by atoms with Gasteiger partial charge in [-0.05, 0) is 11.1 Å². The van der Waals surface area contributed by atoms with Gasteiger partial charge in [-0.3, -0.25) is 0 Å². The van der Waals surface area contributed by atoms with Crippen LogP contribution in [0.2, 0.25) is 0 Å². The van der Waals surface area contributed by atoms with Crippen LogP contribution in [0, 0.1) is 0 Å². The van der Waals surface area contributed by atoms with Crippen LogP contribution in [-0.2, 0) is 9.53 Å². The van der Waals surface area contributed by atoms with Gasteiger partial charge in [0.15, 0.2) is 0 Å². The van der Waals surface area contributed by atoms with E-state index in [9.17, 15) is 9.90 Å². The molecule has 4 heteroatoms. The van der Waals surface area contributed by atoms with Crippen molar-refractivity contribution in [2.75, 3.05) is 6.61 Å². The fourth-order valence-corrected chi connectivity index (χ4v) is 1.79. The minimum absolute atomic E-state index is 0. The van der Waals surface area contributed by atoms with E-state index in [0.29, 0.717) is 0 Å². The lowest BCUT2D eigenvalue weighted by Crippen LogP contribution is -2.28. The smallest absolute Gasteiger partial charge is 0.108 e. The van der Waals surface area contributed by atoms with E-state index >= 15 is 0 Å². The van der Waals surface area contributed by atoms with E-state index in [1.165, 1.54) is 0 Å². The Balaban J connectivity index is 0.00000180. The zero-order valence-electron chi connectivity index (χ0n) is 10.8. The van der Waals surface area contributed by atoms with Crippen LogP contribution in [-0.4, -0.2) is 12.6 Å². The van der Waals surface area contributed by atoms with Crippen molar-refractivity contribution in [1.29, 1.82) is 0 Å². The molecule has 0 aliphatic carbocycles. The van der Waals surface area contributed by atoms with E-state index in [-0.39, 0.29) is 12.3 Å². The molecule has 0 aromatic heterocycles. The summed E-state index contributed by atoms with van der Waals surface area (Å²) in [6, 6.07) is 19.0. The van der Waals surface area contributed by atoms with Gasteiger partial charge in [-0.2, -0.15) is 0 Å². The zero-order valence-corrected chi connectivity index (χ0v) is 10.8. The molecular weight excluding hydrogens is 242 g/mol. The van der Waals surface area contributed by atoms with Crippen LogP contribution in [0.5, 0.6) is 0 Å². The van der Waals surface area contributed by atoms with Gasteiger partial charge in [-0.1, -0.05) is 60.7 Å². The third kappa shape index (κ3) is 4.21. The van der Waals surface area contributed by atoms with E-state index in [1.807, 2.05) is 60.7 Å². The lowest BCUT2D eigenvalue weighted by Gasteiger charge is -2.19. The normalized spacial score (nSPS) is 9.95. The number of carboxylic acids is 1. The Labute approximate surface area is 112 Å². The largest absolute Gasteiger partial charge is 0.548 e. The molecule has 0 saturated heterocycles. The molecule has 0 radical (unpaired) electrons. The standard InChI is InChI=1S/C15H14O3.H3N/c16-14(17)11-18-15(12-7-3-1-4-8-12)13-9-5-2-6-10-13;/h1-10,15H,11H2,(H,16,17);1H3. The molecule has 0 atom stereocenters. The molecule has 4 N–H and O–H groups in total. The first-order valence-corrected chi connectivity index (χ1v) is 5.68. The number of carbonyl (C=O) groups is 1. The molecule has 19 heavy (non-hydrogen) atoms. The molecular formula is C15H17NO3. The van der Waals surface area contributed by atoms with E-state index in [0.717, 1.165) is 11.1 Å². The minimum Gasteiger partial charge on any atom is -0.548 e. The first-order chi connectivity index (χ1) is 8.77. The summed E-state index contributed by atoms with van der Waals surface area (Å²) < 4.78 is 5.41. The van der Waals surface area contributed by atoms with Gasteiger partial charge in [0.05, 0.1) is 12.6 Å². The molecule has 0 aliphatic heterocycles. The van der Waals surface area contributed by atoms with Crippen molar-refractivity contribution in [3.63, 3.8) is 0 Å². The van der Waals surface area contributed by atoms with Crippen molar-refractivity contribution >= 4 is 5.97 Å². The third-order valence-corrected chi connectivity index (χ3v) is 2.57. The lowest BCUT2D eigenvalue weighted by molar-refractivity contribution is -0.310. The number of carboxylic acid groups (broad SMARTS) is 1. The summed E-state index contributed by atoms with van der Waals surface area (Å²) in [5.74, 6) is -1.22. The van der Waals surface area contributed by atoms with Gasteiger partial charge in [0.25, 0.3) is 0 Å². The summed E-state index contributed by atoms with van der Waals surface area (Å²) in [4.78, 5) is 10.5. The molecule has 0 heterocycles. The highest BCUT2D eigenvalue weighted by Crippen LogP contribution is 2.25. The van der Waals surface area contributed by atoms with Crippen molar-refractivity contribution in [3.05, 3.63) is 71.8 Å². The number of benzene rings is 2. The number of hydrogen-bond donors (Lipinski definition) is 1. The predicted octanol–water partition coefficient (Wildman–Crippen LogP) is 1.92. The fourth-order valence-electron chi connectivity index (χ4n) is 1.79. The molecule has 0 aliphatic rings. The summed E-state index contributed by atoms with van der Waals surface area (Å²) >= 11 is 0. The molecule has 0 bridgehead atoms. The lowest BCUT2D eigenvalue weighted by atomic mass is 10.0. The van der Waals surface area contributed by atoms with E-state index in [4.69, 9.17) is 4.74 Å². The summed E-state index contributed by atoms with van der Waals surface area (Å²) in [5, 5.41) is 10.5. The Hall–Kier alpha value is -2.17. The minimum atomic E-state index is -1.22. The molecule has 2 aromatic rings. The van der Waals surface area contributed by atoms with E-state index in [1.54, 1.807) is 0 Å². The Morgan fingerprint density at radius 1 is 0.947 bits per heavy atom. The van der Waals surface area contributed by atoms with Crippen molar-refractivity contribution in [3.8, 4) is 0 Å². The maximum Gasteiger partial charge on any atom is 0.108 e. The molecule has 100 valence electrons. The number of quaternary nitrogens is 1. The van der Waals surface area contributed by atoms with Crippen LogP contribution in [0.25, 0.3) is 0 Å². The van der Waals surface area contributed by atoms with Gasteiger partial charge in [-0.15, -0.1) is 0 Å². The number of hydrogen-bond acceptors (Lipinski definition) is 3. The summed E-state index contributed by atoms with van der Waals surface area (Å²) in [5.41, 5.74) is 1.84. The Morgan fingerprint density at radius 2 is 1.37 bits per heavy atom. The number of ether oxygens (including phenoxy) is 1. The second-order valence-corrected chi connectivity index (χ2v) is 3.88. The predicted molar refractivity (Wildman–Crippen MR) is 71.7 cm³/mol. The van der Waals surface area contributed by atoms with Gasteiger partial charge in [-0.25, -0.2) is 0 Å². The summed E-state index contributed by atoms with van der Waals surface area (Å²) in [7, 11) is 0. The molecule has 0 fully saturated rings. The quantitative estimate of drug-likeness (QED) is 0.890. The highest BCUT2D eigenvalue weighted by atomic mass is 16.5. The summed E-state index contributed by atoms with van der Waals surface area (Å²) in [6.45, 7) is -0.422. The molecule has 0 saturated carbocycles. The topological polar surface area (TPSA) is 85.9 Å². The molecule has 2 rings (SSSR count). The Morgan fingerprint density at radius 3 is 1.74 bits per heavy atom. The first-order valence-electron chi connectivity index (χ1n) is 5.68. The molecule has 4 nitrogen and oxygen atoms in total. The first kappa shape index (κ1) is 14.9. The monoisotopic (exact) mass is 259 g/mol. The van der Waals surface area contributed by atoms with E-state index < -0.39 is 12.6 Å². The molecule has 0 amide bonds.